The minimum Gasteiger partial charge on any atom is -0.296 e. The second kappa shape index (κ2) is 5.58. The van der Waals surface area contributed by atoms with Gasteiger partial charge in [-0.25, -0.2) is 4.68 Å². The lowest BCUT2D eigenvalue weighted by Gasteiger charge is -2.11. The number of carbonyl (C=O) groups is 1. The molecular weight excluding hydrogens is 310 g/mol. The van der Waals surface area contributed by atoms with Crippen LogP contribution >= 0.6 is 11.3 Å². The van der Waals surface area contributed by atoms with Crippen molar-refractivity contribution in [1.29, 1.82) is 0 Å². The lowest BCUT2D eigenvalue weighted by atomic mass is 10.1. The molecule has 0 atom stereocenters. The normalized spacial score (nSPS) is 14.0. The maximum absolute atomic E-state index is 12.6. The molecule has 0 radical (unpaired) electrons. The van der Waals surface area contributed by atoms with Gasteiger partial charge in [0, 0.05) is 5.92 Å². The maximum Gasteiger partial charge on any atom is 0.260 e. The molecule has 2 heterocycles. The minimum atomic E-state index is -0.177. The third kappa shape index (κ3) is 2.63. The van der Waals surface area contributed by atoms with Gasteiger partial charge in [-0.1, -0.05) is 29.5 Å². The van der Waals surface area contributed by atoms with E-state index in [-0.39, 0.29) is 5.91 Å². The van der Waals surface area contributed by atoms with E-state index in [9.17, 15) is 4.79 Å². The van der Waals surface area contributed by atoms with Crippen LogP contribution in [0.15, 0.2) is 36.0 Å². The van der Waals surface area contributed by atoms with Gasteiger partial charge in [0.15, 0.2) is 0 Å². The van der Waals surface area contributed by atoms with Crippen LogP contribution in [0, 0.1) is 6.92 Å². The van der Waals surface area contributed by atoms with Crippen LogP contribution in [0.4, 0.5) is 5.13 Å². The third-order valence-electron chi connectivity index (χ3n) is 3.94. The highest BCUT2D eigenvalue weighted by molar-refractivity contribution is 7.13. The molecule has 2 aromatic heterocycles. The summed E-state index contributed by atoms with van der Waals surface area (Å²) in [5.41, 5.74) is 5.35. The van der Waals surface area contributed by atoms with Crippen LogP contribution in [0.3, 0.4) is 0 Å². The van der Waals surface area contributed by atoms with Crippen molar-refractivity contribution in [3.05, 3.63) is 52.8 Å². The number of aromatic nitrogens is 4. The molecule has 7 heteroatoms. The monoisotopic (exact) mass is 325 g/mol. The molecule has 0 saturated heterocycles. The average Bonchev–Trinajstić information content (AvgIpc) is 3.08. The van der Waals surface area contributed by atoms with Crippen LogP contribution in [-0.4, -0.2) is 25.9 Å². The van der Waals surface area contributed by atoms with Crippen LogP contribution in [0.25, 0.3) is 5.69 Å². The lowest BCUT2D eigenvalue weighted by Crippen LogP contribution is -2.14. The summed E-state index contributed by atoms with van der Waals surface area (Å²) in [5, 5.41) is 15.4. The first-order valence-corrected chi connectivity index (χ1v) is 8.33. The highest BCUT2D eigenvalue weighted by Gasteiger charge is 2.33. The number of nitrogens with one attached hydrogen (secondary N) is 1. The number of aryl methyl sites for hydroxylation is 1. The van der Waals surface area contributed by atoms with Gasteiger partial charge in [0.25, 0.3) is 5.91 Å². The molecule has 1 N–H and O–H groups in total. The molecule has 1 aliphatic carbocycles. The van der Waals surface area contributed by atoms with Crippen molar-refractivity contribution in [3.8, 4) is 5.69 Å². The molecule has 6 nitrogen and oxygen atoms in total. The zero-order valence-electron chi connectivity index (χ0n) is 12.6. The van der Waals surface area contributed by atoms with Crippen molar-refractivity contribution in [2.45, 2.75) is 25.7 Å². The molecule has 116 valence electrons. The van der Waals surface area contributed by atoms with Crippen LogP contribution in [-0.2, 0) is 0 Å². The van der Waals surface area contributed by atoms with E-state index in [0.29, 0.717) is 16.6 Å². The van der Waals surface area contributed by atoms with Crippen LogP contribution in [0.2, 0.25) is 0 Å². The van der Waals surface area contributed by atoms with Crippen molar-refractivity contribution >= 4 is 22.4 Å². The third-order valence-corrected chi connectivity index (χ3v) is 4.55. The molecule has 0 bridgehead atoms. The molecule has 1 aliphatic rings. The fraction of sp³-hybridized carbons (Fsp3) is 0.250. The van der Waals surface area contributed by atoms with E-state index in [4.69, 9.17) is 0 Å². The van der Waals surface area contributed by atoms with E-state index in [1.54, 1.807) is 11.7 Å². The topological polar surface area (TPSA) is 72.7 Å². The molecule has 1 fully saturated rings. The first kappa shape index (κ1) is 14.1. The van der Waals surface area contributed by atoms with Crippen LogP contribution in [0.5, 0.6) is 0 Å². The molecule has 1 amide bonds. The largest absolute Gasteiger partial charge is 0.296 e. The number of hydrogen-bond acceptors (Lipinski definition) is 5. The minimum absolute atomic E-state index is 0.177. The number of carbonyl (C=O) groups excluding carboxylic acids is 1. The second-order valence-corrected chi connectivity index (χ2v) is 6.45. The van der Waals surface area contributed by atoms with Gasteiger partial charge in [-0.3, -0.25) is 10.1 Å². The molecule has 23 heavy (non-hydrogen) atoms. The number of amides is 1. The number of para-hydroxylation sites is 1. The van der Waals surface area contributed by atoms with Gasteiger partial charge in [-0.05, 0) is 31.4 Å². The van der Waals surface area contributed by atoms with E-state index in [1.165, 1.54) is 11.3 Å². The standard InChI is InChI=1S/C16H15N5OS/c1-10-4-2-3-5-13(10)21-14(11-6-7-11)12(8-18-21)15(22)19-16-20-17-9-23-16/h2-5,8-9,11H,6-7H2,1H3,(H,19,20,22). The Kier molecular flexibility index (Phi) is 3.42. The van der Waals surface area contributed by atoms with E-state index < -0.39 is 0 Å². The van der Waals surface area contributed by atoms with Gasteiger partial charge in [0.1, 0.15) is 5.51 Å². The number of benzene rings is 1. The summed E-state index contributed by atoms with van der Waals surface area (Å²) in [4.78, 5) is 12.6. The predicted molar refractivity (Wildman–Crippen MR) is 88.1 cm³/mol. The molecule has 4 rings (SSSR count). The Balaban J connectivity index is 1.74. The van der Waals surface area contributed by atoms with E-state index in [0.717, 1.165) is 29.8 Å². The van der Waals surface area contributed by atoms with Gasteiger partial charge in [0.2, 0.25) is 5.13 Å². The van der Waals surface area contributed by atoms with Crippen molar-refractivity contribution in [2.75, 3.05) is 5.32 Å². The van der Waals surface area contributed by atoms with Crippen LogP contribution < -0.4 is 5.32 Å². The van der Waals surface area contributed by atoms with Gasteiger partial charge >= 0.3 is 0 Å². The SMILES string of the molecule is Cc1ccccc1-n1ncc(C(=O)Nc2nncs2)c1C1CC1. The van der Waals surface area contributed by atoms with Crippen molar-refractivity contribution in [2.24, 2.45) is 0 Å². The summed E-state index contributed by atoms with van der Waals surface area (Å²) in [5.74, 6) is 0.218. The second-order valence-electron chi connectivity index (χ2n) is 5.61. The predicted octanol–water partition coefficient (Wildman–Crippen LogP) is 3.16. The molecule has 0 unspecified atom stereocenters. The summed E-state index contributed by atoms with van der Waals surface area (Å²) in [6.45, 7) is 2.05. The van der Waals surface area contributed by atoms with E-state index in [2.05, 4.69) is 33.6 Å². The Hall–Kier alpha value is -2.54. The number of nitrogens with zero attached hydrogens (tertiary/aromatic N) is 4. The zero-order valence-corrected chi connectivity index (χ0v) is 13.4. The number of rotatable bonds is 4. The average molecular weight is 325 g/mol. The molecule has 0 aliphatic heterocycles. The molecule has 3 aromatic rings. The maximum atomic E-state index is 12.6. The Morgan fingerprint density at radius 3 is 2.87 bits per heavy atom. The summed E-state index contributed by atoms with van der Waals surface area (Å²) in [7, 11) is 0. The first-order chi connectivity index (χ1) is 11.2. The molecule has 0 spiro atoms. The van der Waals surface area contributed by atoms with E-state index >= 15 is 0 Å². The summed E-state index contributed by atoms with van der Waals surface area (Å²) < 4.78 is 1.90. The number of hydrogen-bond donors (Lipinski definition) is 1. The summed E-state index contributed by atoms with van der Waals surface area (Å²) in [6.07, 6.45) is 3.84. The Labute approximate surface area is 137 Å². The smallest absolute Gasteiger partial charge is 0.260 e. The molecule has 1 aromatic carbocycles. The number of anilines is 1. The van der Waals surface area contributed by atoms with Gasteiger partial charge in [-0.15, -0.1) is 10.2 Å². The highest BCUT2D eigenvalue weighted by Crippen LogP contribution is 2.42. The summed E-state index contributed by atoms with van der Waals surface area (Å²) >= 11 is 1.30. The van der Waals surface area contributed by atoms with Crippen LogP contribution in [0.1, 0.15) is 40.4 Å². The fourth-order valence-electron chi connectivity index (χ4n) is 2.67. The van der Waals surface area contributed by atoms with Crippen molar-refractivity contribution < 1.29 is 4.79 Å². The van der Waals surface area contributed by atoms with Crippen molar-refractivity contribution in [3.63, 3.8) is 0 Å². The summed E-state index contributed by atoms with van der Waals surface area (Å²) in [6, 6.07) is 8.07. The lowest BCUT2D eigenvalue weighted by molar-refractivity contribution is 0.102. The van der Waals surface area contributed by atoms with Gasteiger partial charge in [-0.2, -0.15) is 5.10 Å². The van der Waals surface area contributed by atoms with Gasteiger partial charge < -0.3 is 0 Å². The molecule has 1 saturated carbocycles. The van der Waals surface area contributed by atoms with Gasteiger partial charge in [0.05, 0.1) is 23.1 Å². The van der Waals surface area contributed by atoms with E-state index in [1.807, 2.05) is 22.9 Å². The fourth-order valence-corrected chi connectivity index (χ4v) is 3.11. The Morgan fingerprint density at radius 2 is 2.17 bits per heavy atom. The first-order valence-electron chi connectivity index (χ1n) is 7.45. The molecular formula is C16H15N5OS. The zero-order chi connectivity index (χ0) is 15.8. The highest BCUT2D eigenvalue weighted by atomic mass is 32.1. The quantitative estimate of drug-likeness (QED) is 0.799. The Morgan fingerprint density at radius 1 is 1.35 bits per heavy atom. The Bertz CT molecular complexity index is 851. The van der Waals surface area contributed by atoms with Crippen molar-refractivity contribution in [1.82, 2.24) is 20.0 Å².